The Bertz CT molecular complexity index is 369. The highest BCUT2D eigenvalue weighted by atomic mass is 79.9. The number of anilines is 1. The van der Waals surface area contributed by atoms with E-state index in [9.17, 15) is 18.0 Å². The van der Waals surface area contributed by atoms with Crippen molar-refractivity contribution >= 4 is 27.5 Å². The highest BCUT2D eigenvalue weighted by Gasteiger charge is 2.32. The van der Waals surface area contributed by atoms with Gasteiger partial charge < -0.3 is 5.32 Å². The van der Waals surface area contributed by atoms with Crippen LogP contribution in [0.25, 0.3) is 0 Å². The quantitative estimate of drug-likeness (QED) is 0.886. The van der Waals surface area contributed by atoms with E-state index in [1.54, 1.807) is 0 Å². The van der Waals surface area contributed by atoms with Crippen molar-refractivity contribution < 1.29 is 18.0 Å². The summed E-state index contributed by atoms with van der Waals surface area (Å²) in [5.41, 5.74) is -0.0200. The Morgan fingerprint density at radius 3 is 2.47 bits per heavy atom. The molecule has 1 rings (SSSR count). The van der Waals surface area contributed by atoms with Crippen molar-refractivity contribution in [2.45, 2.75) is 12.8 Å². The van der Waals surface area contributed by atoms with Gasteiger partial charge in [-0.25, -0.2) is 4.39 Å². The molecule has 0 spiro atoms. The smallest absolute Gasteiger partial charge is 0.321 e. The number of benzene rings is 1. The summed E-state index contributed by atoms with van der Waals surface area (Å²) < 4.78 is 38.1. The van der Waals surface area contributed by atoms with Crippen LogP contribution in [-0.2, 0) is 4.79 Å². The Morgan fingerprint density at radius 1 is 1.40 bits per heavy atom. The monoisotopic (exact) mass is 281 g/mol. The zero-order valence-corrected chi connectivity index (χ0v) is 9.24. The number of carbonyl (C=O) groups is 1. The number of carbonyl (C=O) groups excluding carboxylic acids is 1. The number of halogens is 4. The molecule has 1 aromatic rings. The lowest BCUT2D eigenvalue weighted by molar-refractivity contribution is -0.137. The van der Waals surface area contributed by atoms with E-state index in [0.717, 1.165) is 12.1 Å². The minimum atomic E-state index is -3.49. The molecule has 15 heavy (non-hydrogen) atoms. The molecule has 1 aromatic carbocycles. The predicted molar refractivity (Wildman–Crippen MR) is 53.4 cm³/mol. The molecule has 6 heteroatoms. The zero-order chi connectivity index (χ0) is 11.6. The number of amides is 1. The summed E-state index contributed by atoms with van der Waals surface area (Å²) in [5, 5.41) is 1.90. The fourth-order valence-corrected chi connectivity index (χ4v) is 1.33. The zero-order valence-electron chi connectivity index (χ0n) is 7.65. The molecule has 82 valence electrons. The number of rotatable bonds is 2. The molecule has 0 bridgehead atoms. The van der Waals surface area contributed by atoms with Crippen molar-refractivity contribution in [3.63, 3.8) is 0 Å². The van der Waals surface area contributed by atoms with Gasteiger partial charge in [-0.2, -0.15) is 8.78 Å². The van der Waals surface area contributed by atoms with E-state index in [1.807, 2.05) is 5.32 Å². The van der Waals surface area contributed by atoms with Crippen molar-refractivity contribution in [3.05, 3.63) is 28.5 Å². The molecular weight excluding hydrogens is 275 g/mol. The number of nitrogens with one attached hydrogen (secondary N) is 1. The molecule has 0 aliphatic heterocycles. The van der Waals surface area contributed by atoms with Gasteiger partial charge in [-0.05, 0) is 18.2 Å². The molecule has 0 heterocycles. The first-order valence-corrected chi connectivity index (χ1v) is 4.74. The fourth-order valence-electron chi connectivity index (χ4n) is 0.867. The van der Waals surface area contributed by atoms with Crippen LogP contribution in [0.2, 0.25) is 0 Å². The van der Waals surface area contributed by atoms with Crippen molar-refractivity contribution in [1.29, 1.82) is 0 Å². The summed E-state index contributed by atoms with van der Waals surface area (Å²) in [4.78, 5) is 10.9. The predicted octanol–water partition coefficient (Wildman–Crippen LogP) is 3.18. The Morgan fingerprint density at radius 2 is 2.00 bits per heavy atom. The standard InChI is InChI=1S/C9H7BrF3NO/c1-9(12,13)8(15)14-7-3-5(10)2-6(11)4-7/h2-4H,1H3,(H,14,15). The Hall–Kier alpha value is -1.04. The summed E-state index contributed by atoms with van der Waals surface area (Å²) in [5.74, 6) is -5.59. The van der Waals surface area contributed by atoms with Crippen LogP contribution in [0.15, 0.2) is 22.7 Å². The fraction of sp³-hybridized carbons (Fsp3) is 0.222. The Labute approximate surface area is 92.6 Å². The van der Waals surface area contributed by atoms with E-state index in [4.69, 9.17) is 0 Å². The largest absolute Gasteiger partial charge is 0.322 e. The summed E-state index contributed by atoms with van der Waals surface area (Å²) in [6, 6.07) is 3.43. The minimum Gasteiger partial charge on any atom is -0.321 e. The average molecular weight is 282 g/mol. The topological polar surface area (TPSA) is 29.1 Å². The van der Waals surface area contributed by atoms with E-state index in [0.29, 0.717) is 11.4 Å². The molecule has 0 aliphatic rings. The second-order valence-corrected chi connectivity index (χ2v) is 3.92. The molecule has 0 atom stereocenters. The summed E-state index contributed by atoms with van der Waals surface area (Å²) in [6.45, 7) is 0.469. The van der Waals surface area contributed by atoms with Gasteiger partial charge in [0.15, 0.2) is 0 Å². The van der Waals surface area contributed by atoms with Crippen LogP contribution in [0.4, 0.5) is 18.9 Å². The maximum Gasteiger partial charge on any atom is 0.322 e. The van der Waals surface area contributed by atoms with Crippen LogP contribution in [0.3, 0.4) is 0 Å². The van der Waals surface area contributed by atoms with Crippen LogP contribution < -0.4 is 5.32 Å². The van der Waals surface area contributed by atoms with E-state index >= 15 is 0 Å². The lowest BCUT2D eigenvalue weighted by Crippen LogP contribution is -2.31. The number of alkyl halides is 2. The van der Waals surface area contributed by atoms with Crippen LogP contribution in [0.1, 0.15) is 6.92 Å². The molecular formula is C9H7BrF3NO. The molecule has 1 amide bonds. The SMILES string of the molecule is CC(F)(F)C(=O)Nc1cc(F)cc(Br)c1. The van der Waals surface area contributed by atoms with E-state index in [-0.39, 0.29) is 5.69 Å². The normalized spacial score (nSPS) is 11.3. The first-order valence-electron chi connectivity index (χ1n) is 3.94. The molecule has 0 radical (unpaired) electrons. The molecule has 0 fully saturated rings. The lowest BCUT2D eigenvalue weighted by Gasteiger charge is -2.11. The first kappa shape index (κ1) is 12.0. The Balaban J connectivity index is 2.86. The van der Waals surface area contributed by atoms with Crippen LogP contribution >= 0.6 is 15.9 Å². The third-order valence-corrected chi connectivity index (χ3v) is 1.98. The molecule has 0 aromatic heterocycles. The Kier molecular flexibility index (Phi) is 3.38. The summed E-state index contributed by atoms with van der Waals surface area (Å²) in [6.07, 6.45) is 0. The van der Waals surface area contributed by atoms with Gasteiger partial charge in [0.25, 0.3) is 5.91 Å². The van der Waals surface area contributed by atoms with Crippen LogP contribution in [-0.4, -0.2) is 11.8 Å². The third-order valence-electron chi connectivity index (χ3n) is 1.52. The molecule has 0 saturated heterocycles. The number of hydrogen-bond donors (Lipinski definition) is 1. The second kappa shape index (κ2) is 4.22. The molecule has 0 aliphatic carbocycles. The number of hydrogen-bond acceptors (Lipinski definition) is 1. The summed E-state index contributed by atoms with van der Waals surface area (Å²) in [7, 11) is 0. The van der Waals surface area contributed by atoms with Gasteiger partial charge >= 0.3 is 5.92 Å². The van der Waals surface area contributed by atoms with E-state index in [1.165, 1.54) is 6.07 Å². The van der Waals surface area contributed by atoms with Gasteiger partial charge in [0.2, 0.25) is 0 Å². The molecule has 2 nitrogen and oxygen atoms in total. The highest BCUT2D eigenvalue weighted by Crippen LogP contribution is 2.21. The lowest BCUT2D eigenvalue weighted by atomic mass is 10.3. The summed E-state index contributed by atoms with van der Waals surface area (Å²) >= 11 is 2.97. The second-order valence-electron chi connectivity index (χ2n) is 3.00. The van der Waals surface area contributed by atoms with E-state index < -0.39 is 17.6 Å². The maximum absolute atomic E-state index is 12.8. The highest BCUT2D eigenvalue weighted by molar-refractivity contribution is 9.10. The van der Waals surface area contributed by atoms with Gasteiger partial charge in [0, 0.05) is 17.1 Å². The van der Waals surface area contributed by atoms with Gasteiger partial charge in [-0.1, -0.05) is 15.9 Å². The van der Waals surface area contributed by atoms with Crippen LogP contribution in [0.5, 0.6) is 0 Å². The molecule has 1 N–H and O–H groups in total. The first-order chi connectivity index (χ1) is 6.79. The van der Waals surface area contributed by atoms with E-state index in [2.05, 4.69) is 15.9 Å². The van der Waals surface area contributed by atoms with Crippen molar-refractivity contribution in [2.24, 2.45) is 0 Å². The van der Waals surface area contributed by atoms with Gasteiger partial charge in [-0.3, -0.25) is 4.79 Å². The van der Waals surface area contributed by atoms with Gasteiger partial charge in [-0.15, -0.1) is 0 Å². The molecule has 0 saturated carbocycles. The average Bonchev–Trinajstić information content (AvgIpc) is 1.99. The van der Waals surface area contributed by atoms with Crippen molar-refractivity contribution in [3.8, 4) is 0 Å². The van der Waals surface area contributed by atoms with Gasteiger partial charge in [0.1, 0.15) is 5.82 Å². The van der Waals surface area contributed by atoms with Crippen molar-refractivity contribution in [1.82, 2.24) is 0 Å². The molecule has 0 unspecified atom stereocenters. The maximum atomic E-state index is 12.8. The van der Waals surface area contributed by atoms with Gasteiger partial charge in [0.05, 0.1) is 0 Å². The third kappa shape index (κ3) is 3.54. The van der Waals surface area contributed by atoms with Crippen LogP contribution in [0, 0.1) is 5.82 Å². The minimum absolute atomic E-state index is 0.0200. The van der Waals surface area contributed by atoms with Crippen molar-refractivity contribution in [2.75, 3.05) is 5.32 Å².